The highest BCUT2D eigenvalue weighted by molar-refractivity contribution is 6.00. The zero-order valence-corrected chi connectivity index (χ0v) is 17.5. The van der Waals surface area contributed by atoms with Gasteiger partial charge in [-0.1, -0.05) is 0 Å². The van der Waals surface area contributed by atoms with Gasteiger partial charge in [0.1, 0.15) is 5.76 Å². The summed E-state index contributed by atoms with van der Waals surface area (Å²) in [7, 11) is 0. The Hall–Kier alpha value is -4.01. The molecule has 1 aliphatic heterocycles. The minimum atomic E-state index is -0.230. The van der Waals surface area contributed by atoms with Gasteiger partial charge >= 0.3 is 0 Å². The van der Waals surface area contributed by atoms with E-state index in [0.29, 0.717) is 16.9 Å². The summed E-state index contributed by atoms with van der Waals surface area (Å²) in [6.45, 7) is 3.06. The molecule has 32 heavy (non-hydrogen) atoms. The number of nitrogens with zero attached hydrogens (tertiary/aromatic N) is 4. The maximum absolute atomic E-state index is 11.6. The van der Waals surface area contributed by atoms with Gasteiger partial charge < -0.3 is 25.3 Å². The summed E-state index contributed by atoms with van der Waals surface area (Å²) in [5.74, 6) is 0.444. The number of hydrogen-bond donors (Lipinski definition) is 3. The molecule has 1 saturated heterocycles. The maximum atomic E-state index is 11.6. The number of phenolic OH excluding ortho intramolecular Hbond substituents is 2. The molecule has 1 amide bonds. The van der Waals surface area contributed by atoms with Crippen LogP contribution in [0.2, 0.25) is 0 Å². The number of hydrogen-bond acceptors (Lipinski definition) is 7. The molecule has 0 saturated carbocycles. The largest absolute Gasteiger partial charge is 0.504 e. The number of rotatable bonds is 3. The first-order valence-electron chi connectivity index (χ1n) is 10.4. The molecule has 1 fully saturated rings. The number of amides is 1. The lowest BCUT2D eigenvalue weighted by atomic mass is 10.0. The Balaban J connectivity index is 1.49. The van der Waals surface area contributed by atoms with E-state index in [9.17, 15) is 15.0 Å². The predicted octanol–water partition coefficient (Wildman–Crippen LogP) is 3.54. The molecule has 4 heterocycles. The van der Waals surface area contributed by atoms with Crippen LogP contribution in [0, 0.1) is 0 Å². The van der Waals surface area contributed by atoms with Crippen molar-refractivity contribution < 1.29 is 19.4 Å². The average Bonchev–Trinajstić information content (AvgIpc) is 3.45. The Kier molecular flexibility index (Phi) is 4.73. The molecule has 164 valence electrons. The fourth-order valence-corrected chi connectivity index (χ4v) is 4.21. The first-order chi connectivity index (χ1) is 15.4. The Morgan fingerprint density at radius 2 is 1.91 bits per heavy atom. The number of carbonyl (C=O) groups is 1. The Morgan fingerprint density at radius 1 is 1.12 bits per heavy atom. The van der Waals surface area contributed by atoms with Gasteiger partial charge in [0, 0.05) is 54.5 Å². The van der Waals surface area contributed by atoms with E-state index < -0.39 is 0 Å². The van der Waals surface area contributed by atoms with Gasteiger partial charge in [0.25, 0.3) is 0 Å². The van der Waals surface area contributed by atoms with Gasteiger partial charge in [-0.2, -0.15) is 5.10 Å². The number of nitrogens with two attached hydrogens (primary N) is 1. The molecule has 0 bridgehead atoms. The molecule has 1 aliphatic rings. The van der Waals surface area contributed by atoms with Crippen LogP contribution < -0.4 is 5.73 Å². The Labute approximate surface area is 183 Å². The van der Waals surface area contributed by atoms with Gasteiger partial charge in [0.15, 0.2) is 22.9 Å². The number of aromatic nitrogens is 3. The van der Waals surface area contributed by atoms with E-state index in [4.69, 9.17) is 10.2 Å². The number of phenols is 2. The van der Waals surface area contributed by atoms with Crippen molar-refractivity contribution in [3.05, 3.63) is 42.9 Å². The van der Waals surface area contributed by atoms with Crippen LogP contribution in [0.1, 0.15) is 25.8 Å². The molecule has 5 rings (SSSR count). The van der Waals surface area contributed by atoms with Crippen molar-refractivity contribution in [2.75, 3.05) is 18.8 Å². The fourth-order valence-electron chi connectivity index (χ4n) is 4.21. The van der Waals surface area contributed by atoms with E-state index in [1.54, 1.807) is 25.4 Å². The van der Waals surface area contributed by atoms with Gasteiger partial charge in [0.2, 0.25) is 5.91 Å². The van der Waals surface area contributed by atoms with Crippen molar-refractivity contribution in [1.29, 1.82) is 0 Å². The van der Waals surface area contributed by atoms with Gasteiger partial charge in [0.05, 0.1) is 12.2 Å². The van der Waals surface area contributed by atoms with E-state index >= 15 is 0 Å². The van der Waals surface area contributed by atoms with Crippen LogP contribution in [-0.2, 0) is 4.79 Å². The molecule has 1 aromatic carbocycles. The summed E-state index contributed by atoms with van der Waals surface area (Å²) < 4.78 is 7.91. The van der Waals surface area contributed by atoms with Crippen LogP contribution in [-0.4, -0.2) is 48.9 Å². The minimum Gasteiger partial charge on any atom is -0.504 e. The van der Waals surface area contributed by atoms with Crippen molar-refractivity contribution >= 4 is 22.7 Å². The molecule has 0 spiro atoms. The third-order valence-corrected chi connectivity index (χ3v) is 6.04. The van der Waals surface area contributed by atoms with E-state index in [1.165, 1.54) is 12.1 Å². The number of nitrogen functional groups attached to an aromatic ring is 1. The van der Waals surface area contributed by atoms with Crippen molar-refractivity contribution in [3.8, 4) is 33.9 Å². The van der Waals surface area contributed by atoms with Gasteiger partial charge in [-0.15, -0.1) is 0 Å². The number of aromatic hydroxyl groups is 2. The highest BCUT2D eigenvalue weighted by Gasteiger charge is 2.23. The van der Waals surface area contributed by atoms with Crippen LogP contribution in [0.15, 0.2) is 47.3 Å². The monoisotopic (exact) mass is 433 g/mol. The lowest BCUT2D eigenvalue weighted by Gasteiger charge is -2.31. The second-order valence-corrected chi connectivity index (χ2v) is 8.06. The number of piperidine rings is 1. The molecule has 0 aliphatic carbocycles. The highest BCUT2D eigenvalue weighted by atomic mass is 16.3. The van der Waals surface area contributed by atoms with Crippen LogP contribution in [0.5, 0.6) is 11.5 Å². The van der Waals surface area contributed by atoms with Gasteiger partial charge in [-0.3, -0.25) is 9.48 Å². The number of anilines is 1. The third kappa shape index (κ3) is 3.41. The smallest absolute Gasteiger partial charge is 0.219 e. The Morgan fingerprint density at radius 3 is 2.62 bits per heavy atom. The number of pyridine rings is 1. The lowest BCUT2D eigenvalue weighted by Crippen LogP contribution is -2.37. The van der Waals surface area contributed by atoms with Crippen LogP contribution >= 0.6 is 0 Å². The van der Waals surface area contributed by atoms with Crippen molar-refractivity contribution in [3.63, 3.8) is 0 Å². The first kappa shape index (κ1) is 19.9. The van der Waals surface area contributed by atoms with Crippen LogP contribution in [0.3, 0.4) is 0 Å². The topological polar surface area (TPSA) is 131 Å². The molecular weight excluding hydrogens is 410 g/mol. The van der Waals surface area contributed by atoms with E-state index in [2.05, 4.69) is 10.1 Å². The summed E-state index contributed by atoms with van der Waals surface area (Å²) >= 11 is 0. The van der Waals surface area contributed by atoms with E-state index in [-0.39, 0.29) is 29.3 Å². The summed E-state index contributed by atoms with van der Waals surface area (Å²) in [5, 5.41) is 24.8. The number of likely N-dealkylation sites (tertiary alicyclic amines) is 1. The molecule has 9 nitrogen and oxygen atoms in total. The van der Waals surface area contributed by atoms with Gasteiger partial charge in [-0.25, -0.2) is 4.98 Å². The van der Waals surface area contributed by atoms with Crippen LogP contribution in [0.25, 0.3) is 33.4 Å². The van der Waals surface area contributed by atoms with Crippen molar-refractivity contribution in [2.24, 2.45) is 0 Å². The molecule has 4 aromatic rings. The molecule has 9 heteroatoms. The maximum Gasteiger partial charge on any atom is 0.219 e. The zero-order valence-electron chi connectivity index (χ0n) is 17.5. The number of furan rings is 1. The third-order valence-electron chi connectivity index (χ3n) is 6.04. The second kappa shape index (κ2) is 7.60. The molecule has 0 radical (unpaired) electrons. The fraction of sp³-hybridized carbons (Fsp3) is 0.261. The number of carbonyl (C=O) groups excluding carboxylic acids is 1. The van der Waals surface area contributed by atoms with Gasteiger partial charge in [-0.05, 0) is 37.1 Å². The quantitative estimate of drug-likeness (QED) is 0.421. The standard InChI is InChI=1S/C23H23N5O4/c1-13(29)27-6-4-16(5-7-27)28-12-15(10-26-28)18-11-25-23(24)22-17(18)9-21(32-22)14-2-3-19(30)20(31)8-14/h2-3,8-12,16,30-31H,4-7H2,1H3,(H2,24,25). The molecule has 0 unspecified atom stereocenters. The molecule has 3 aromatic heterocycles. The molecule has 0 atom stereocenters. The normalized spacial score (nSPS) is 14.8. The SMILES string of the molecule is CC(=O)N1CCC(n2cc(-c3cnc(N)c4oc(-c5ccc(O)c(O)c5)cc34)cn2)CC1. The lowest BCUT2D eigenvalue weighted by molar-refractivity contribution is -0.130. The average molecular weight is 433 g/mol. The number of fused-ring (bicyclic) bond motifs is 1. The summed E-state index contributed by atoms with van der Waals surface area (Å²) in [4.78, 5) is 17.7. The van der Waals surface area contributed by atoms with E-state index in [1.807, 2.05) is 21.8 Å². The van der Waals surface area contributed by atoms with Crippen LogP contribution in [0.4, 0.5) is 5.82 Å². The minimum absolute atomic E-state index is 0.109. The Bertz CT molecular complexity index is 1320. The summed E-state index contributed by atoms with van der Waals surface area (Å²) in [6, 6.07) is 6.57. The first-order valence-corrected chi connectivity index (χ1v) is 10.4. The van der Waals surface area contributed by atoms with Crippen molar-refractivity contribution in [2.45, 2.75) is 25.8 Å². The zero-order chi connectivity index (χ0) is 22.4. The summed E-state index contributed by atoms with van der Waals surface area (Å²) in [6.07, 6.45) is 7.19. The van der Waals surface area contributed by atoms with E-state index in [0.717, 1.165) is 42.4 Å². The molecular formula is C23H23N5O4. The molecule has 4 N–H and O–H groups in total. The highest BCUT2D eigenvalue weighted by Crippen LogP contribution is 2.38. The predicted molar refractivity (Wildman–Crippen MR) is 119 cm³/mol. The summed E-state index contributed by atoms with van der Waals surface area (Å²) in [5.41, 5.74) is 8.84. The second-order valence-electron chi connectivity index (χ2n) is 8.06. The van der Waals surface area contributed by atoms with Crippen molar-refractivity contribution in [1.82, 2.24) is 19.7 Å². The number of benzene rings is 1.